The summed E-state index contributed by atoms with van der Waals surface area (Å²) in [6, 6.07) is 3.61. The number of nitrogens with one attached hydrogen (secondary N) is 1. The van der Waals surface area contributed by atoms with Crippen molar-refractivity contribution in [2.75, 3.05) is 32.1 Å². The Bertz CT molecular complexity index is 377. The van der Waals surface area contributed by atoms with Crippen molar-refractivity contribution in [1.29, 1.82) is 0 Å². The Kier molecular flexibility index (Phi) is 6.89. The second-order valence-electron chi connectivity index (χ2n) is 4.69. The smallest absolute Gasteiger partial charge is 0.252 e. The van der Waals surface area contributed by atoms with Gasteiger partial charge in [0.2, 0.25) is 0 Å². The largest absolute Gasteiger partial charge is 0.396 e. The third kappa shape index (κ3) is 5.70. The van der Waals surface area contributed by atoms with Crippen LogP contribution in [-0.2, 0) is 0 Å². The first-order chi connectivity index (χ1) is 9.15. The van der Waals surface area contributed by atoms with Crippen LogP contribution in [0.3, 0.4) is 0 Å². The molecule has 1 rings (SSSR count). The van der Waals surface area contributed by atoms with E-state index in [2.05, 4.69) is 10.3 Å². The first-order valence-electron chi connectivity index (χ1n) is 6.67. The quantitative estimate of drug-likeness (QED) is 0.698. The summed E-state index contributed by atoms with van der Waals surface area (Å²) in [7, 11) is 3.82. The van der Waals surface area contributed by atoms with Crippen molar-refractivity contribution in [2.45, 2.75) is 25.7 Å². The molecule has 1 aromatic rings. The maximum atomic E-state index is 11.8. The van der Waals surface area contributed by atoms with Gasteiger partial charge in [-0.2, -0.15) is 0 Å². The standard InChI is InChI=1S/C14H23N3O2/c1-17(2)13-8-7-12(11-16-13)14(19)15-9-5-3-4-6-10-18/h7-8,11,18H,3-6,9-10H2,1-2H3,(H,15,19). The lowest BCUT2D eigenvalue weighted by atomic mass is 10.2. The van der Waals surface area contributed by atoms with Gasteiger partial charge in [0, 0.05) is 33.4 Å². The van der Waals surface area contributed by atoms with Crippen LogP contribution < -0.4 is 10.2 Å². The molecule has 0 fully saturated rings. The average molecular weight is 265 g/mol. The normalized spacial score (nSPS) is 10.3. The molecule has 0 aliphatic carbocycles. The number of amides is 1. The van der Waals surface area contributed by atoms with E-state index in [-0.39, 0.29) is 12.5 Å². The number of aliphatic hydroxyl groups excluding tert-OH is 1. The summed E-state index contributed by atoms with van der Waals surface area (Å²) in [4.78, 5) is 17.9. The van der Waals surface area contributed by atoms with Crippen molar-refractivity contribution in [3.8, 4) is 0 Å². The molecule has 0 spiro atoms. The molecule has 0 aliphatic heterocycles. The Balaban J connectivity index is 2.29. The number of carbonyl (C=O) groups excluding carboxylic acids is 1. The molecule has 0 radical (unpaired) electrons. The first kappa shape index (κ1) is 15.4. The number of hydrogen-bond donors (Lipinski definition) is 2. The molecule has 5 heteroatoms. The molecule has 5 nitrogen and oxygen atoms in total. The highest BCUT2D eigenvalue weighted by atomic mass is 16.2. The molecule has 0 aliphatic rings. The van der Waals surface area contributed by atoms with Gasteiger partial charge in [0.1, 0.15) is 5.82 Å². The van der Waals surface area contributed by atoms with Crippen LogP contribution in [0, 0.1) is 0 Å². The van der Waals surface area contributed by atoms with Gasteiger partial charge in [-0.05, 0) is 25.0 Å². The molecule has 1 aromatic heterocycles. The molecule has 2 N–H and O–H groups in total. The molecule has 19 heavy (non-hydrogen) atoms. The summed E-state index contributed by atoms with van der Waals surface area (Å²) in [5, 5.41) is 11.5. The lowest BCUT2D eigenvalue weighted by molar-refractivity contribution is 0.0952. The van der Waals surface area contributed by atoms with Crippen LogP contribution in [0.2, 0.25) is 0 Å². The summed E-state index contributed by atoms with van der Waals surface area (Å²) in [5.41, 5.74) is 0.584. The summed E-state index contributed by atoms with van der Waals surface area (Å²) in [6.07, 6.45) is 5.40. The van der Waals surface area contributed by atoms with E-state index in [0.29, 0.717) is 12.1 Å². The summed E-state index contributed by atoms with van der Waals surface area (Å²) < 4.78 is 0. The molecule has 0 saturated heterocycles. The van der Waals surface area contributed by atoms with Crippen molar-refractivity contribution in [3.05, 3.63) is 23.9 Å². The Morgan fingerprint density at radius 1 is 1.26 bits per heavy atom. The number of unbranched alkanes of at least 4 members (excludes halogenated alkanes) is 3. The number of hydrogen-bond acceptors (Lipinski definition) is 4. The van der Waals surface area contributed by atoms with Crippen molar-refractivity contribution in [3.63, 3.8) is 0 Å². The SMILES string of the molecule is CN(C)c1ccc(C(=O)NCCCCCCO)cn1. The Morgan fingerprint density at radius 3 is 2.58 bits per heavy atom. The molecule has 106 valence electrons. The summed E-state index contributed by atoms with van der Waals surface area (Å²) >= 11 is 0. The van der Waals surface area contributed by atoms with E-state index in [1.807, 2.05) is 25.1 Å². The second-order valence-corrected chi connectivity index (χ2v) is 4.69. The first-order valence-corrected chi connectivity index (χ1v) is 6.67. The second kappa shape index (κ2) is 8.48. The van der Waals surface area contributed by atoms with Gasteiger partial charge < -0.3 is 15.3 Å². The van der Waals surface area contributed by atoms with Crippen LogP contribution in [0.15, 0.2) is 18.3 Å². The molecule has 0 aromatic carbocycles. The fourth-order valence-electron chi connectivity index (χ4n) is 1.68. The van der Waals surface area contributed by atoms with Gasteiger partial charge in [-0.15, -0.1) is 0 Å². The molecule has 0 unspecified atom stereocenters. The van der Waals surface area contributed by atoms with Crippen LogP contribution in [-0.4, -0.2) is 43.2 Å². The van der Waals surface area contributed by atoms with Gasteiger partial charge in [-0.1, -0.05) is 12.8 Å². The number of pyridine rings is 1. The third-order valence-corrected chi connectivity index (χ3v) is 2.84. The molecule has 0 saturated carbocycles. The van der Waals surface area contributed by atoms with Crippen molar-refractivity contribution in [1.82, 2.24) is 10.3 Å². The Morgan fingerprint density at radius 2 is 2.00 bits per heavy atom. The Hall–Kier alpha value is -1.62. The van der Waals surface area contributed by atoms with E-state index < -0.39 is 0 Å². The van der Waals surface area contributed by atoms with Crippen molar-refractivity contribution in [2.24, 2.45) is 0 Å². The highest BCUT2D eigenvalue weighted by Crippen LogP contribution is 2.07. The maximum absolute atomic E-state index is 11.8. The fraction of sp³-hybridized carbons (Fsp3) is 0.571. The topological polar surface area (TPSA) is 65.5 Å². The van der Waals surface area contributed by atoms with Gasteiger partial charge in [0.15, 0.2) is 0 Å². The third-order valence-electron chi connectivity index (χ3n) is 2.84. The average Bonchev–Trinajstić information content (AvgIpc) is 2.42. The van der Waals surface area contributed by atoms with Gasteiger partial charge >= 0.3 is 0 Å². The monoisotopic (exact) mass is 265 g/mol. The lowest BCUT2D eigenvalue weighted by Gasteiger charge is -2.11. The molecular weight excluding hydrogens is 242 g/mol. The van der Waals surface area contributed by atoms with Gasteiger partial charge in [-0.3, -0.25) is 4.79 Å². The van der Waals surface area contributed by atoms with Crippen molar-refractivity contribution >= 4 is 11.7 Å². The number of nitrogens with zero attached hydrogens (tertiary/aromatic N) is 2. The minimum atomic E-state index is -0.0834. The predicted molar refractivity (Wildman–Crippen MR) is 76.5 cm³/mol. The summed E-state index contributed by atoms with van der Waals surface area (Å²) in [6.45, 7) is 0.913. The van der Waals surface area contributed by atoms with Crippen LogP contribution in [0.4, 0.5) is 5.82 Å². The minimum absolute atomic E-state index is 0.0834. The maximum Gasteiger partial charge on any atom is 0.252 e. The zero-order valence-electron chi connectivity index (χ0n) is 11.7. The van der Waals surface area contributed by atoms with Gasteiger partial charge in [0.25, 0.3) is 5.91 Å². The predicted octanol–water partition coefficient (Wildman–Crippen LogP) is 1.43. The van der Waals surface area contributed by atoms with E-state index in [1.165, 1.54) is 0 Å². The molecule has 0 bridgehead atoms. The van der Waals surface area contributed by atoms with E-state index in [1.54, 1.807) is 12.3 Å². The van der Waals surface area contributed by atoms with Crippen LogP contribution in [0.25, 0.3) is 0 Å². The van der Waals surface area contributed by atoms with E-state index in [4.69, 9.17) is 5.11 Å². The molecule has 1 amide bonds. The number of aromatic nitrogens is 1. The van der Waals surface area contributed by atoms with E-state index >= 15 is 0 Å². The lowest BCUT2D eigenvalue weighted by Crippen LogP contribution is -2.24. The van der Waals surface area contributed by atoms with Gasteiger partial charge in [0.05, 0.1) is 5.56 Å². The fourth-order valence-corrected chi connectivity index (χ4v) is 1.68. The van der Waals surface area contributed by atoms with E-state index in [0.717, 1.165) is 31.5 Å². The molecule has 1 heterocycles. The number of rotatable bonds is 8. The zero-order valence-corrected chi connectivity index (χ0v) is 11.7. The highest BCUT2D eigenvalue weighted by molar-refractivity contribution is 5.94. The van der Waals surface area contributed by atoms with Crippen LogP contribution in [0.5, 0.6) is 0 Å². The van der Waals surface area contributed by atoms with Crippen molar-refractivity contribution < 1.29 is 9.90 Å². The summed E-state index contributed by atoms with van der Waals surface area (Å²) in [5.74, 6) is 0.750. The van der Waals surface area contributed by atoms with Gasteiger partial charge in [-0.25, -0.2) is 4.98 Å². The van der Waals surface area contributed by atoms with E-state index in [9.17, 15) is 4.79 Å². The van der Waals surface area contributed by atoms with Crippen LogP contribution in [0.1, 0.15) is 36.0 Å². The number of anilines is 1. The number of carbonyl (C=O) groups is 1. The molecule has 0 atom stereocenters. The number of aliphatic hydroxyl groups is 1. The highest BCUT2D eigenvalue weighted by Gasteiger charge is 2.05. The Labute approximate surface area is 114 Å². The minimum Gasteiger partial charge on any atom is -0.396 e. The molecular formula is C14H23N3O2. The van der Waals surface area contributed by atoms with Crippen LogP contribution >= 0.6 is 0 Å². The zero-order chi connectivity index (χ0) is 14.1.